The van der Waals surface area contributed by atoms with Crippen molar-refractivity contribution >= 4 is 27.5 Å². The fourth-order valence-electron chi connectivity index (χ4n) is 2.03. The summed E-state index contributed by atoms with van der Waals surface area (Å²) in [4.78, 5) is 14.1. The zero-order valence-electron chi connectivity index (χ0n) is 10.8. The van der Waals surface area contributed by atoms with Crippen LogP contribution in [-0.2, 0) is 0 Å². The largest absolute Gasteiger partial charge is 0.454 e. The molecule has 0 spiro atoms. The number of fused-ring (bicyclic) bond motifs is 1. The molecule has 1 amide bonds. The molecule has 0 unspecified atom stereocenters. The molecule has 0 aromatic heterocycles. The second-order valence-electron chi connectivity index (χ2n) is 4.38. The first-order chi connectivity index (χ1) is 9.66. The van der Waals surface area contributed by atoms with E-state index in [1.807, 2.05) is 30.3 Å². The van der Waals surface area contributed by atoms with E-state index in [0.717, 1.165) is 10.2 Å². The summed E-state index contributed by atoms with van der Waals surface area (Å²) in [7, 11) is 1.74. The molecule has 0 saturated carbocycles. The third-order valence-corrected chi connectivity index (χ3v) is 3.84. The molecule has 0 radical (unpaired) electrons. The monoisotopic (exact) mass is 333 g/mol. The van der Waals surface area contributed by atoms with Crippen LogP contribution in [0, 0.1) is 0 Å². The van der Waals surface area contributed by atoms with Crippen LogP contribution in [0.2, 0.25) is 0 Å². The Bertz CT molecular complexity index is 672. The molecular formula is C15H12BrNO3. The third kappa shape index (κ3) is 2.25. The van der Waals surface area contributed by atoms with Gasteiger partial charge < -0.3 is 14.4 Å². The average Bonchev–Trinajstić information content (AvgIpc) is 2.93. The Hall–Kier alpha value is -2.01. The molecule has 2 aromatic rings. The molecule has 4 nitrogen and oxygen atoms in total. The highest BCUT2D eigenvalue weighted by molar-refractivity contribution is 9.10. The first-order valence-electron chi connectivity index (χ1n) is 6.09. The zero-order chi connectivity index (χ0) is 14.1. The Morgan fingerprint density at radius 1 is 1.15 bits per heavy atom. The van der Waals surface area contributed by atoms with Crippen molar-refractivity contribution < 1.29 is 14.3 Å². The van der Waals surface area contributed by atoms with Crippen molar-refractivity contribution in [3.63, 3.8) is 0 Å². The number of amides is 1. The van der Waals surface area contributed by atoms with Crippen molar-refractivity contribution in [1.29, 1.82) is 0 Å². The summed E-state index contributed by atoms with van der Waals surface area (Å²) < 4.78 is 11.4. The molecule has 0 fully saturated rings. The molecule has 3 rings (SSSR count). The van der Waals surface area contributed by atoms with E-state index in [0.29, 0.717) is 17.1 Å². The smallest absolute Gasteiger partial charge is 0.259 e. The fraction of sp³-hybridized carbons (Fsp3) is 0.133. The van der Waals surface area contributed by atoms with Crippen LogP contribution in [0.4, 0.5) is 5.69 Å². The lowest BCUT2D eigenvalue weighted by molar-refractivity contribution is 0.0992. The van der Waals surface area contributed by atoms with Crippen LogP contribution < -0.4 is 14.4 Å². The quantitative estimate of drug-likeness (QED) is 0.844. The number of ether oxygens (including phenoxy) is 2. The molecule has 0 N–H and O–H groups in total. The van der Waals surface area contributed by atoms with Crippen molar-refractivity contribution in [2.24, 2.45) is 0 Å². The lowest BCUT2D eigenvalue weighted by Gasteiger charge is -2.18. The number of hydrogen-bond acceptors (Lipinski definition) is 3. The molecular weight excluding hydrogens is 322 g/mol. The number of nitrogens with zero attached hydrogens (tertiary/aromatic N) is 1. The number of hydrogen-bond donors (Lipinski definition) is 0. The molecule has 5 heteroatoms. The molecule has 1 aliphatic heterocycles. The molecule has 0 aliphatic carbocycles. The van der Waals surface area contributed by atoms with Gasteiger partial charge in [0.05, 0.1) is 5.56 Å². The fourth-order valence-corrected chi connectivity index (χ4v) is 2.48. The minimum absolute atomic E-state index is 0.0867. The van der Waals surface area contributed by atoms with E-state index in [4.69, 9.17) is 9.47 Å². The molecule has 1 heterocycles. The van der Waals surface area contributed by atoms with Crippen LogP contribution in [0.25, 0.3) is 0 Å². The minimum atomic E-state index is -0.0867. The molecule has 20 heavy (non-hydrogen) atoms. The van der Waals surface area contributed by atoms with Gasteiger partial charge in [0, 0.05) is 23.3 Å². The van der Waals surface area contributed by atoms with Crippen molar-refractivity contribution in [2.45, 2.75) is 0 Å². The van der Waals surface area contributed by atoms with Gasteiger partial charge in [-0.05, 0) is 40.2 Å². The van der Waals surface area contributed by atoms with Gasteiger partial charge in [-0.1, -0.05) is 12.1 Å². The third-order valence-electron chi connectivity index (χ3n) is 3.15. The summed E-state index contributed by atoms with van der Waals surface area (Å²) in [6, 6.07) is 12.8. The lowest BCUT2D eigenvalue weighted by Crippen LogP contribution is -2.26. The van der Waals surface area contributed by atoms with E-state index < -0.39 is 0 Å². The van der Waals surface area contributed by atoms with E-state index in [9.17, 15) is 4.79 Å². The number of carbonyl (C=O) groups excluding carboxylic acids is 1. The molecule has 102 valence electrons. The van der Waals surface area contributed by atoms with Crippen molar-refractivity contribution in [2.75, 3.05) is 18.7 Å². The highest BCUT2D eigenvalue weighted by Crippen LogP contribution is 2.35. The minimum Gasteiger partial charge on any atom is -0.454 e. The second kappa shape index (κ2) is 5.17. The number of anilines is 1. The van der Waals surface area contributed by atoms with Crippen LogP contribution in [0.1, 0.15) is 10.4 Å². The summed E-state index contributed by atoms with van der Waals surface area (Å²) in [5.41, 5.74) is 1.38. The van der Waals surface area contributed by atoms with Gasteiger partial charge in [0.1, 0.15) is 0 Å². The zero-order valence-corrected chi connectivity index (χ0v) is 12.4. The highest BCUT2D eigenvalue weighted by Gasteiger charge is 2.19. The summed E-state index contributed by atoms with van der Waals surface area (Å²) in [5.74, 6) is 1.28. The summed E-state index contributed by atoms with van der Waals surface area (Å²) in [6.07, 6.45) is 0. The average molecular weight is 334 g/mol. The van der Waals surface area contributed by atoms with Crippen molar-refractivity contribution in [1.82, 2.24) is 0 Å². The maximum absolute atomic E-state index is 12.5. The Balaban J connectivity index is 1.91. The van der Waals surface area contributed by atoms with E-state index >= 15 is 0 Å². The molecule has 0 atom stereocenters. The van der Waals surface area contributed by atoms with E-state index in [-0.39, 0.29) is 12.7 Å². The summed E-state index contributed by atoms with van der Waals surface area (Å²) >= 11 is 3.40. The molecule has 0 bridgehead atoms. The van der Waals surface area contributed by atoms with Gasteiger partial charge in [0.25, 0.3) is 5.91 Å². The van der Waals surface area contributed by atoms with Gasteiger partial charge in [-0.2, -0.15) is 0 Å². The standard InChI is InChI=1S/C15H12BrNO3/c1-17(15(18)11-4-2-3-5-12(11)16)10-6-7-13-14(8-10)20-9-19-13/h2-8H,9H2,1H3. The van der Waals surface area contributed by atoms with Crippen LogP contribution in [-0.4, -0.2) is 19.7 Å². The summed E-state index contributed by atoms with van der Waals surface area (Å²) in [5, 5.41) is 0. The first kappa shape index (κ1) is 13.0. The number of halogens is 1. The number of benzene rings is 2. The predicted molar refractivity (Wildman–Crippen MR) is 79.4 cm³/mol. The number of carbonyl (C=O) groups is 1. The van der Waals surface area contributed by atoms with E-state index in [1.165, 1.54) is 0 Å². The van der Waals surface area contributed by atoms with Gasteiger partial charge >= 0.3 is 0 Å². The lowest BCUT2D eigenvalue weighted by atomic mass is 10.2. The first-order valence-corrected chi connectivity index (χ1v) is 6.88. The maximum Gasteiger partial charge on any atom is 0.259 e. The van der Waals surface area contributed by atoms with E-state index in [2.05, 4.69) is 15.9 Å². The van der Waals surface area contributed by atoms with Crippen LogP contribution in [0.3, 0.4) is 0 Å². The summed E-state index contributed by atoms with van der Waals surface area (Å²) in [6.45, 7) is 0.223. The normalized spacial score (nSPS) is 12.3. The van der Waals surface area contributed by atoms with Crippen LogP contribution in [0.15, 0.2) is 46.9 Å². The van der Waals surface area contributed by atoms with Gasteiger partial charge in [-0.3, -0.25) is 4.79 Å². The van der Waals surface area contributed by atoms with Gasteiger partial charge in [0.2, 0.25) is 6.79 Å². The Morgan fingerprint density at radius 2 is 1.90 bits per heavy atom. The van der Waals surface area contributed by atoms with Gasteiger partial charge in [0.15, 0.2) is 11.5 Å². The van der Waals surface area contributed by atoms with Gasteiger partial charge in [-0.25, -0.2) is 0 Å². The Kier molecular flexibility index (Phi) is 3.36. The molecule has 2 aromatic carbocycles. The van der Waals surface area contributed by atoms with Crippen molar-refractivity contribution in [3.8, 4) is 11.5 Å². The van der Waals surface area contributed by atoms with Crippen LogP contribution in [0.5, 0.6) is 11.5 Å². The Labute approximate surface area is 125 Å². The predicted octanol–water partition coefficient (Wildman–Crippen LogP) is 3.45. The molecule has 0 saturated heterocycles. The number of rotatable bonds is 2. The maximum atomic E-state index is 12.5. The van der Waals surface area contributed by atoms with Crippen molar-refractivity contribution in [3.05, 3.63) is 52.5 Å². The highest BCUT2D eigenvalue weighted by atomic mass is 79.9. The van der Waals surface area contributed by atoms with E-state index in [1.54, 1.807) is 24.1 Å². The SMILES string of the molecule is CN(C(=O)c1ccccc1Br)c1ccc2c(c1)OCO2. The molecule has 1 aliphatic rings. The second-order valence-corrected chi connectivity index (χ2v) is 5.24. The topological polar surface area (TPSA) is 38.8 Å². The Morgan fingerprint density at radius 3 is 2.70 bits per heavy atom. The van der Waals surface area contributed by atoms with Gasteiger partial charge in [-0.15, -0.1) is 0 Å². The van der Waals surface area contributed by atoms with Crippen LogP contribution >= 0.6 is 15.9 Å².